The van der Waals surface area contributed by atoms with Crippen molar-refractivity contribution in [3.63, 3.8) is 0 Å². The maximum Gasteiger partial charge on any atom is 0.257 e. The van der Waals surface area contributed by atoms with Gasteiger partial charge in [0.25, 0.3) is 5.91 Å². The van der Waals surface area contributed by atoms with Crippen molar-refractivity contribution in [1.29, 1.82) is 0 Å². The molecule has 0 aromatic carbocycles. The molecule has 2 rings (SSSR count). The van der Waals surface area contributed by atoms with E-state index in [1.165, 1.54) is 0 Å². The molecule has 0 radical (unpaired) electrons. The van der Waals surface area contributed by atoms with Crippen molar-refractivity contribution in [3.8, 4) is 5.75 Å². The summed E-state index contributed by atoms with van der Waals surface area (Å²) in [5.41, 5.74) is 6.39. The summed E-state index contributed by atoms with van der Waals surface area (Å²) in [5.74, 6) is 0.517. The van der Waals surface area contributed by atoms with Gasteiger partial charge in [-0.05, 0) is 18.9 Å². The Morgan fingerprint density at radius 3 is 2.88 bits per heavy atom. The van der Waals surface area contributed by atoms with E-state index in [9.17, 15) is 4.79 Å². The predicted molar refractivity (Wildman–Crippen MR) is 63.9 cm³/mol. The summed E-state index contributed by atoms with van der Waals surface area (Å²) in [6, 6.07) is 1.91. The summed E-state index contributed by atoms with van der Waals surface area (Å²) in [6.07, 6.45) is 4.88. The number of piperidine rings is 1. The van der Waals surface area contributed by atoms with Crippen molar-refractivity contribution in [1.82, 2.24) is 9.88 Å². The van der Waals surface area contributed by atoms with Gasteiger partial charge in [0, 0.05) is 25.3 Å². The molecule has 2 heterocycles. The second-order valence-corrected chi connectivity index (χ2v) is 4.21. The molecule has 1 aliphatic rings. The number of amides is 1. The van der Waals surface area contributed by atoms with Crippen LogP contribution >= 0.6 is 0 Å². The van der Waals surface area contributed by atoms with Gasteiger partial charge in [0.15, 0.2) is 0 Å². The van der Waals surface area contributed by atoms with E-state index >= 15 is 0 Å². The molecule has 0 unspecified atom stereocenters. The Hall–Kier alpha value is -1.62. The van der Waals surface area contributed by atoms with Crippen molar-refractivity contribution >= 4 is 5.91 Å². The summed E-state index contributed by atoms with van der Waals surface area (Å²) in [5, 5.41) is 0. The molecular weight excluding hydrogens is 218 g/mol. The Labute approximate surface area is 101 Å². The van der Waals surface area contributed by atoms with Gasteiger partial charge >= 0.3 is 0 Å². The largest absolute Gasteiger partial charge is 0.494 e. The minimum atomic E-state index is -0.00356. The second kappa shape index (κ2) is 5.14. The normalized spacial score (nSPS) is 16.9. The quantitative estimate of drug-likeness (QED) is 0.817. The highest BCUT2D eigenvalue weighted by Crippen LogP contribution is 2.20. The summed E-state index contributed by atoms with van der Waals surface area (Å²) in [6.45, 7) is 1.43. The van der Waals surface area contributed by atoms with Crippen LogP contribution in [0.25, 0.3) is 0 Å². The molecule has 1 amide bonds. The zero-order valence-corrected chi connectivity index (χ0v) is 9.93. The van der Waals surface area contributed by atoms with Gasteiger partial charge in [-0.3, -0.25) is 9.78 Å². The number of likely N-dealkylation sites (tertiary alicyclic amines) is 1. The number of nitrogens with two attached hydrogens (primary N) is 1. The van der Waals surface area contributed by atoms with Crippen LogP contribution < -0.4 is 10.5 Å². The number of methoxy groups -OCH3 is 1. The SMILES string of the molecule is COc1cnccc1C(=O)N1CCC(N)CC1. The lowest BCUT2D eigenvalue weighted by atomic mass is 10.1. The number of pyridine rings is 1. The lowest BCUT2D eigenvalue weighted by molar-refractivity contribution is 0.0711. The van der Waals surface area contributed by atoms with Crippen molar-refractivity contribution in [2.24, 2.45) is 5.73 Å². The van der Waals surface area contributed by atoms with E-state index in [-0.39, 0.29) is 11.9 Å². The summed E-state index contributed by atoms with van der Waals surface area (Å²) < 4.78 is 5.14. The van der Waals surface area contributed by atoms with Crippen LogP contribution in [-0.4, -0.2) is 42.0 Å². The Kier molecular flexibility index (Phi) is 3.58. The smallest absolute Gasteiger partial charge is 0.257 e. The van der Waals surface area contributed by atoms with E-state index in [0.29, 0.717) is 24.4 Å². The van der Waals surface area contributed by atoms with E-state index in [1.54, 1.807) is 25.6 Å². The number of rotatable bonds is 2. The minimum Gasteiger partial charge on any atom is -0.494 e. The van der Waals surface area contributed by atoms with Gasteiger partial charge in [-0.25, -0.2) is 0 Å². The van der Waals surface area contributed by atoms with Crippen molar-refractivity contribution in [2.45, 2.75) is 18.9 Å². The molecule has 0 atom stereocenters. The Bertz CT molecular complexity index is 400. The number of aromatic nitrogens is 1. The van der Waals surface area contributed by atoms with Crippen LogP contribution in [-0.2, 0) is 0 Å². The van der Waals surface area contributed by atoms with Crippen molar-refractivity contribution < 1.29 is 9.53 Å². The van der Waals surface area contributed by atoms with Crippen LogP contribution in [0.2, 0.25) is 0 Å². The van der Waals surface area contributed by atoms with E-state index in [4.69, 9.17) is 10.5 Å². The second-order valence-electron chi connectivity index (χ2n) is 4.21. The van der Waals surface area contributed by atoms with Gasteiger partial charge in [-0.1, -0.05) is 0 Å². The fourth-order valence-corrected chi connectivity index (χ4v) is 1.99. The zero-order valence-electron chi connectivity index (χ0n) is 9.93. The first-order valence-corrected chi connectivity index (χ1v) is 5.75. The van der Waals surface area contributed by atoms with Crippen LogP contribution in [0.3, 0.4) is 0 Å². The highest BCUT2D eigenvalue weighted by Gasteiger charge is 2.23. The first kappa shape index (κ1) is 11.9. The standard InChI is InChI=1S/C12H17N3O2/c1-17-11-8-14-5-2-10(11)12(16)15-6-3-9(13)4-7-15/h2,5,8-9H,3-4,6-7,13H2,1H3. The fourth-order valence-electron chi connectivity index (χ4n) is 1.99. The van der Waals surface area contributed by atoms with Gasteiger partial charge in [0.05, 0.1) is 18.9 Å². The molecular formula is C12H17N3O2. The topological polar surface area (TPSA) is 68.5 Å². The predicted octanol–water partition coefficient (Wildman–Crippen LogP) is 0.654. The maximum absolute atomic E-state index is 12.3. The minimum absolute atomic E-state index is 0.00356. The molecule has 2 N–H and O–H groups in total. The number of carbonyl (C=O) groups is 1. The lowest BCUT2D eigenvalue weighted by Gasteiger charge is -2.30. The van der Waals surface area contributed by atoms with Crippen LogP contribution in [0.1, 0.15) is 23.2 Å². The lowest BCUT2D eigenvalue weighted by Crippen LogP contribution is -2.42. The third kappa shape index (κ3) is 2.55. The number of nitrogens with zero attached hydrogens (tertiary/aromatic N) is 2. The average molecular weight is 235 g/mol. The number of hydrogen-bond donors (Lipinski definition) is 1. The molecule has 17 heavy (non-hydrogen) atoms. The Morgan fingerprint density at radius 1 is 1.53 bits per heavy atom. The van der Waals surface area contributed by atoms with Gasteiger partial charge < -0.3 is 15.4 Å². The Morgan fingerprint density at radius 2 is 2.24 bits per heavy atom. The molecule has 1 aromatic rings. The number of carbonyl (C=O) groups excluding carboxylic acids is 1. The number of hydrogen-bond acceptors (Lipinski definition) is 4. The van der Waals surface area contributed by atoms with Crippen LogP contribution in [0.4, 0.5) is 0 Å². The third-order valence-electron chi connectivity index (χ3n) is 3.06. The molecule has 1 saturated heterocycles. The molecule has 5 heteroatoms. The zero-order chi connectivity index (χ0) is 12.3. The monoisotopic (exact) mass is 235 g/mol. The van der Waals surface area contributed by atoms with E-state index in [0.717, 1.165) is 12.8 Å². The maximum atomic E-state index is 12.3. The molecule has 5 nitrogen and oxygen atoms in total. The molecule has 1 fully saturated rings. The third-order valence-corrected chi connectivity index (χ3v) is 3.06. The van der Waals surface area contributed by atoms with Gasteiger partial charge in [0.2, 0.25) is 0 Å². The summed E-state index contributed by atoms with van der Waals surface area (Å²) in [4.78, 5) is 18.0. The van der Waals surface area contributed by atoms with E-state index < -0.39 is 0 Å². The van der Waals surface area contributed by atoms with Crippen LogP contribution in [0.5, 0.6) is 5.75 Å². The van der Waals surface area contributed by atoms with E-state index in [2.05, 4.69) is 4.98 Å². The molecule has 0 spiro atoms. The highest BCUT2D eigenvalue weighted by molar-refractivity contribution is 5.96. The van der Waals surface area contributed by atoms with Crippen molar-refractivity contribution in [2.75, 3.05) is 20.2 Å². The Balaban J connectivity index is 2.14. The van der Waals surface area contributed by atoms with Crippen molar-refractivity contribution in [3.05, 3.63) is 24.0 Å². The van der Waals surface area contributed by atoms with Gasteiger partial charge in [-0.15, -0.1) is 0 Å². The molecule has 92 valence electrons. The van der Waals surface area contributed by atoms with Crippen LogP contribution in [0, 0.1) is 0 Å². The van der Waals surface area contributed by atoms with E-state index in [1.807, 2.05) is 4.90 Å². The first-order chi connectivity index (χ1) is 8.22. The summed E-state index contributed by atoms with van der Waals surface area (Å²) >= 11 is 0. The highest BCUT2D eigenvalue weighted by atomic mass is 16.5. The van der Waals surface area contributed by atoms with Gasteiger partial charge in [-0.2, -0.15) is 0 Å². The first-order valence-electron chi connectivity index (χ1n) is 5.75. The molecule has 1 aromatic heterocycles. The fraction of sp³-hybridized carbons (Fsp3) is 0.500. The number of ether oxygens (including phenoxy) is 1. The van der Waals surface area contributed by atoms with Gasteiger partial charge in [0.1, 0.15) is 5.75 Å². The summed E-state index contributed by atoms with van der Waals surface area (Å²) in [7, 11) is 1.54. The molecule has 1 aliphatic heterocycles. The van der Waals surface area contributed by atoms with Crippen LogP contribution in [0.15, 0.2) is 18.5 Å². The molecule has 0 aliphatic carbocycles. The molecule has 0 bridgehead atoms. The average Bonchev–Trinajstić information content (AvgIpc) is 2.39. The molecule has 0 saturated carbocycles.